The zero-order valence-corrected chi connectivity index (χ0v) is 12.9. The van der Waals surface area contributed by atoms with E-state index in [0.29, 0.717) is 31.1 Å². The van der Waals surface area contributed by atoms with Gasteiger partial charge in [0.2, 0.25) is 0 Å². The predicted molar refractivity (Wildman–Crippen MR) is 87.0 cm³/mol. The van der Waals surface area contributed by atoms with Crippen LogP contribution < -0.4 is 10.6 Å². The number of hydrogen-bond donors (Lipinski definition) is 2. The number of benzene rings is 1. The Balaban J connectivity index is 1.93. The summed E-state index contributed by atoms with van der Waals surface area (Å²) in [6, 6.07) is 11.7. The highest BCUT2D eigenvalue weighted by Crippen LogP contribution is 2.10. The van der Waals surface area contributed by atoms with Crippen molar-refractivity contribution in [3.05, 3.63) is 59.3 Å². The third kappa shape index (κ3) is 4.86. The minimum Gasteiger partial charge on any atom is -0.383 e. The lowest BCUT2D eigenvalue weighted by molar-refractivity contribution is 0.0937. The minimum absolute atomic E-state index is 0.127. The topological polar surface area (TPSA) is 63.2 Å². The standard InChI is InChI=1S/C17H21N3O2/c1-13-3-5-14(6-4-13)12-20-16-11-15(7-8-18-16)17(21)19-9-10-22-2/h3-8,11H,9-10,12H2,1-2H3,(H,18,20)(H,19,21). The fourth-order valence-corrected chi connectivity index (χ4v) is 1.94. The number of hydrogen-bond acceptors (Lipinski definition) is 4. The van der Waals surface area contributed by atoms with Gasteiger partial charge in [0, 0.05) is 32.0 Å². The van der Waals surface area contributed by atoms with Crippen LogP contribution in [0.5, 0.6) is 0 Å². The van der Waals surface area contributed by atoms with Gasteiger partial charge in [-0.05, 0) is 24.6 Å². The van der Waals surface area contributed by atoms with Gasteiger partial charge in [-0.15, -0.1) is 0 Å². The Kier molecular flexibility index (Phi) is 5.91. The normalized spacial score (nSPS) is 10.3. The molecule has 0 atom stereocenters. The molecular formula is C17H21N3O2. The molecule has 2 N–H and O–H groups in total. The van der Waals surface area contributed by atoms with Crippen LogP contribution in [0.25, 0.3) is 0 Å². The van der Waals surface area contributed by atoms with Gasteiger partial charge < -0.3 is 15.4 Å². The van der Waals surface area contributed by atoms with E-state index in [1.54, 1.807) is 25.4 Å². The second-order valence-electron chi connectivity index (χ2n) is 5.02. The first-order valence-corrected chi connectivity index (χ1v) is 7.21. The van der Waals surface area contributed by atoms with Crippen molar-refractivity contribution in [1.29, 1.82) is 0 Å². The number of rotatable bonds is 7. The number of aromatic nitrogens is 1. The molecule has 22 heavy (non-hydrogen) atoms. The second kappa shape index (κ2) is 8.14. The molecule has 0 unspecified atom stereocenters. The van der Waals surface area contributed by atoms with Crippen molar-refractivity contribution in [2.45, 2.75) is 13.5 Å². The SMILES string of the molecule is COCCNC(=O)c1ccnc(NCc2ccc(C)cc2)c1. The molecule has 0 aliphatic heterocycles. The first-order chi connectivity index (χ1) is 10.7. The zero-order valence-electron chi connectivity index (χ0n) is 12.9. The third-order valence-corrected chi connectivity index (χ3v) is 3.21. The summed E-state index contributed by atoms with van der Waals surface area (Å²) >= 11 is 0. The summed E-state index contributed by atoms with van der Waals surface area (Å²) in [6.07, 6.45) is 1.63. The van der Waals surface area contributed by atoms with E-state index >= 15 is 0 Å². The van der Waals surface area contributed by atoms with Gasteiger partial charge in [0.25, 0.3) is 5.91 Å². The van der Waals surface area contributed by atoms with Crippen LogP contribution in [0, 0.1) is 6.92 Å². The van der Waals surface area contributed by atoms with E-state index in [1.165, 1.54) is 11.1 Å². The molecule has 0 radical (unpaired) electrons. The Morgan fingerprint density at radius 2 is 2.00 bits per heavy atom. The number of nitrogens with zero attached hydrogens (tertiary/aromatic N) is 1. The lowest BCUT2D eigenvalue weighted by atomic mass is 10.1. The Bertz CT molecular complexity index is 612. The molecule has 116 valence electrons. The molecule has 5 heteroatoms. The van der Waals surface area contributed by atoms with Gasteiger partial charge in [-0.2, -0.15) is 0 Å². The van der Waals surface area contributed by atoms with Gasteiger partial charge in [0.15, 0.2) is 0 Å². The molecule has 2 aromatic rings. The molecule has 0 aliphatic carbocycles. The van der Waals surface area contributed by atoms with Crippen LogP contribution >= 0.6 is 0 Å². The first-order valence-electron chi connectivity index (χ1n) is 7.21. The molecule has 2 rings (SSSR count). The number of amides is 1. The Hall–Kier alpha value is -2.40. The highest BCUT2D eigenvalue weighted by molar-refractivity contribution is 5.94. The van der Waals surface area contributed by atoms with Crippen LogP contribution in [-0.4, -0.2) is 31.2 Å². The van der Waals surface area contributed by atoms with Gasteiger partial charge in [-0.25, -0.2) is 4.98 Å². The summed E-state index contributed by atoms with van der Waals surface area (Å²) in [4.78, 5) is 16.2. The van der Waals surface area contributed by atoms with Crippen LogP contribution in [0.3, 0.4) is 0 Å². The van der Waals surface area contributed by atoms with Crippen molar-refractivity contribution in [2.24, 2.45) is 0 Å². The summed E-state index contributed by atoms with van der Waals surface area (Å²) in [5.41, 5.74) is 2.98. The van der Waals surface area contributed by atoms with Gasteiger partial charge in [-0.3, -0.25) is 4.79 Å². The van der Waals surface area contributed by atoms with Crippen molar-refractivity contribution >= 4 is 11.7 Å². The van der Waals surface area contributed by atoms with Crippen LogP contribution in [0.15, 0.2) is 42.6 Å². The van der Waals surface area contributed by atoms with Crippen LogP contribution in [0.2, 0.25) is 0 Å². The molecular weight excluding hydrogens is 278 g/mol. The predicted octanol–water partition coefficient (Wildman–Crippen LogP) is 2.38. The maximum absolute atomic E-state index is 12.0. The molecule has 0 saturated carbocycles. The Morgan fingerprint density at radius 3 is 2.73 bits per heavy atom. The Labute approximate surface area is 130 Å². The van der Waals surface area contributed by atoms with Gasteiger partial charge in [0.1, 0.15) is 5.82 Å². The monoisotopic (exact) mass is 299 g/mol. The summed E-state index contributed by atoms with van der Waals surface area (Å²) in [6.45, 7) is 3.71. The zero-order chi connectivity index (χ0) is 15.8. The van der Waals surface area contributed by atoms with E-state index in [1.807, 2.05) is 0 Å². The van der Waals surface area contributed by atoms with Crippen LogP contribution in [0.1, 0.15) is 21.5 Å². The molecule has 0 spiro atoms. The van der Waals surface area contributed by atoms with E-state index in [4.69, 9.17) is 4.74 Å². The number of pyridine rings is 1. The number of anilines is 1. The summed E-state index contributed by atoms with van der Waals surface area (Å²) in [7, 11) is 1.60. The van der Waals surface area contributed by atoms with Crippen molar-refractivity contribution in [3.63, 3.8) is 0 Å². The van der Waals surface area contributed by atoms with E-state index in [2.05, 4.69) is 46.8 Å². The van der Waals surface area contributed by atoms with Crippen molar-refractivity contribution in [2.75, 3.05) is 25.6 Å². The number of carbonyl (C=O) groups is 1. The summed E-state index contributed by atoms with van der Waals surface area (Å²) in [5, 5.41) is 6.01. The summed E-state index contributed by atoms with van der Waals surface area (Å²) in [5.74, 6) is 0.554. The quantitative estimate of drug-likeness (QED) is 0.771. The Morgan fingerprint density at radius 1 is 1.23 bits per heavy atom. The van der Waals surface area contributed by atoms with Gasteiger partial charge in [-0.1, -0.05) is 29.8 Å². The molecule has 1 aromatic heterocycles. The van der Waals surface area contributed by atoms with E-state index < -0.39 is 0 Å². The first kappa shape index (κ1) is 16.0. The lowest BCUT2D eigenvalue weighted by Gasteiger charge is -2.08. The minimum atomic E-state index is -0.127. The van der Waals surface area contributed by atoms with Crippen LogP contribution in [0.4, 0.5) is 5.82 Å². The van der Waals surface area contributed by atoms with Crippen LogP contribution in [-0.2, 0) is 11.3 Å². The molecule has 1 aromatic carbocycles. The van der Waals surface area contributed by atoms with Crippen molar-refractivity contribution in [3.8, 4) is 0 Å². The van der Waals surface area contributed by atoms with E-state index in [9.17, 15) is 4.79 Å². The number of ether oxygens (including phenoxy) is 1. The number of nitrogens with one attached hydrogen (secondary N) is 2. The highest BCUT2D eigenvalue weighted by Gasteiger charge is 2.06. The fourth-order valence-electron chi connectivity index (χ4n) is 1.94. The molecule has 0 fully saturated rings. The second-order valence-corrected chi connectivity index (χ2v) is 5.02. The number of methoxy groups -OCH3 is 1. The van der Waals surface area contributed by atoms with Crippen molar-refractivity contribution in [1.82, 2.24) is 10.3 Å². The number of aryl methyl sites for hydroxylation is 1. The average molecular weight is 299 g/mol. The molecule has 5 nitrogen and oxygen atoms in total. The largest absolute Gasteiger partial charge is 0.383 e. The molecule has 0 saturated heterocycles. The molecule has 0 bridgehead atoms. The molecule has 1 heterocycles. The highest BCUT2D eigenvalue weighted by atomic mass is 16.5. The molecule has 1 amide bonds. The smallest absolute Gasteiger partial charge is 0.251 e. The van der Waals surface area contributed by atoms with Crippen molar-refractivity contribution < 1.29 is 9.53 Å². The summed E-state index contributed by atoms with van der Waals surface area (Å²) < 4.78 is 4.91. The molecule has 0 aliphatic rings. The maximum atomic E-state index is 12.0. The van der Waals surface area contributed by atoms with E-state index in [0.717, 1.165) is 0 Å². The maximum Gasteiger partial charge on any atom is 0.251 e. The fraction of sp³-hybridized carbons (Fsp3) is 0.294. The average Bonchev–Trinajstić information content (AvgIpc) is 2.55. The van der Waals surface area contributed by atoms with Gasteiger partial charge in [0.05, 0.1) is 6.61 Å². The number of carbonyl (C=O) groups excluding carboxylic acids is 1. The van der Waals surface area contributed by atoms with Gasteiger partial charge >= 0.3 is 0 Å². The van der Waals surface area contributed by atoms with E-state index in [-0.39, 0.29) is 5.91 Å². The lowest BCUT2D eigenvalue weighted by Crippen LogP contribution is -2.27. The third-order valence-electron chi connectivity index (χ3n) is 3.21.